The molecule has 0 bridgehead atoms. The van der Waals surface area contributed by atoms with Gasteiger partial charge in [-0.15, -0.1) is 0 Å². The molecular formula is C27H25N3O4. The van der Waals surface area contributed by atoms with Crippen molar-refractivity contribution in [3.8, 4) is 5.75 Å². The van der Waals surface area contributed by atoms with Gasteiger partial charge in [-0.1, -0.05) is 30.3 Å². The van der Waals surface area contributed by atoms with Gasteiger partial charge in [0.15, 0.2) is 5.76 Å². The first kappa shape index (κ1) is 22.8. The molecule has 7 nitrogen and oxygen atoms in total. The third-order valence-corrected chi connectivity index (χ3v) is 5.30. The maximum absolute atomic E-state index is 13.2. The lowest BCUT2D eigenvalue weighted by molar-refractivity contribution is -0.120. The topological polar surface area (TPSA) is 84.7 Å². The van der Waals surface area contributed by atoms with Crippen molar-refractivity contribution in [1.29, 1.82) is 0 Å². The summed E-state index contributed by atoms with van der Waals surface area (Å²) in [6.45, 7) is 0.784. The van der Waals surface area contributed by atoms with E-state index >= 15 is 0 Å². The van der Waals surface area contributed by atoms with Crippen LogP contribution in [-0.4, -0.2) is 23.9 Å². The Hall–Kier alpha value is -4.39. The molecule has 0 aliphatic heterocycles. The molecule has 4 aromatic rings. The van der Waals surface area contributed by atoms with Crippen LogP contribution < -0.4 is 15.0 Å². The highest BCUT2D eigenvalue weighted by atomic mass is 16.5. The van der Waals surface area contributed by atoms with Crippen molar-refractivity contribution >= 4 is 17.5 Å². The Kier molecular flexibility index (Phi) is 7.35. The zero-order valence-corrected chi connectivity index (χ0v) is 18.8. The lowest BCUT2D eigenvalue weighted by atomic mass is 10.1. The SMILES string of the molecule is COc1ccc(CN(C(=O)c2ccco2)c2ccc(CC(=O)NCc3cccnc3)cc2)cc1. The normalized spacial score (nSPS) is 10.5. The second-order valence-electron chi connectivity index (χ2n) is 7.70. The molecule has 0 atom stereocenters. The van der Waals surface area contributed by atoms with Crippen LogP contribution in [0.25, 0.3) is 0 Å². The summed E-state index contributed by atoms with van der Waals surface area (Å²) in [6, 6.07) is 22.0. The molecule has 0 aliphatic rings. The van der Waals surface area contributed by atoms with Crippen LogP contribution in [0.15, 0.2) is 95.9 Å². The van der Waals surface area contributed by atoms with E-state index in [1.807, 2.05) is 60.7 Å². The van der Waals surface area contributed by atoms with E-state index in [9.17, 15) is 9.59 Å². The van der Waals surface area contributed by atoms with E-state index < -0.39 is 0 Å². The van der Waals surface area contributed by atoms with Crippen molar-refractivity contribution in [2.24, 2.45) is 0 Å². The van der Waals surface area contributed by atoms with Crippen LogP contribution in [0.2, 0.25) is 0 Å². The standard InChI is InChI=1S/C27H25N3O4/c1-33-24-12-8-21(9-13-24)19-30(27(32)25-5-3-15-34-25)23-10-6-20(7-11-23)16-26(31)29-18-22-4-2-14-28-17-22/h2-15,17H,16,18-19H2,1H3,(H,29,31). The molecule has 1 N–H and O–H groups in total. The molecule has 7 heteroatoms. The average molecular weight is 456 g/mol. The number of ether oxygens (including phenoxy) is 1. The number of aromatic nitrogens is 1. The summed E-state index contributed by atoms with van der Waals surface area (Å²) >= 11 is 0. The van der Waals surface area contributed by atoms with Crippen molar-refractivity contribution in [3.63, 3.8) is 0 Å². The predicted octanol–water partition coefficient (Wildman–Crippen LogP) is 4.39. The molecule has 34 heavy (non-hydrogen) atoms. The molecule has 0 aliphatic carbocycles. The van der Waals surface area contributed by atoms with E-state index in [-0.39, 0.29) is 24.0 Å². The zero-order valence-electron chi connectivity index (χ0n) is 18.8. The van der Waals surface area contributed by atoms with Crippen LogP contribution in [0.4, 0.5) is 5.69 Å². The van der Waals surface area contributed by atoms with Crippen molar-refractivity contribution in [2.75, 3.05) is 12.0 Å². The van der Waals surface area contributed by atoms with E-state index in [0.717, 1.165) is 22.4 Å². The van der Waals surface area contributed by atoms with Crippen molar-refractivity contribution in [1.82, 2.24) is 10.3 Å². The smallest absolute Gasteiger partial charge is 0.294 e. The fraction of sp³-hybridized carbons (Fsp3) is 0.148. The summed E-state index contributed by atoms with van der Waals surface area (Å²) in [4.78, 5) is 31.2. The van der Waals surface area contributed by atoms with Gasteiger partial charge >= 0.3 is 0 Å². The summed E-state index contributed by atoms with van der Waals surface area (Å²) in [6.07, 6.45) is 5.14. The molecule has 2 amide bonds. The molecule has 0 unspecified atom stereocenters. The first-order valence-corrected chi connectivity index (χ1v) is 10.9. The van der Waals surface area contributed by atoms with E-state index in [1.54, 1.807) is 36.5 Å². The van der Waals surface area contributed by atoms with E-state index in [0.29, 0.717) is 18.8 Å². The maximum atomic E-state index is 13.2. The van der Waals surface area contributed by atoms with Gasteiger partial charge in [0.2, 0.25) is 5.91 Å². The van der Waals surface area contributed by atoms with Gasteiger partial charge in [0, 0.05) is 24.6 Å². The molecule has 0 radical (unpaired) electrons. The second-order valence-corrected chi connectivity index (χ2v) is 7.70. The molecule has 2 heterocycles. The van der Waals surface area contributed by atoms with Crippen LogP contribution in [0.1, 0.15) is 27.2 Å². The molecule has 172 valence electrons. The number of furan rings is 1. The van der Waals surface area contributed by atoms with Gasteiger partial charge in [-0.2, -0.15) is 0 Å². The molecule has 4 rings (SSSR count). The van der Waals surface area contributed by atoms with Crippen LogP contribution in [0, 0.1) is 0 Å². The predicted molar refractivity (Wildman–Crippen MR) is 128 cm³/mol. The third kappa shape index (κ3) is 5.89. The molecule has 0 spiro atoms. The molecular weight excluding hydrogens is 430 g/mol. The number of anilines is 1. The number of rotatable bonds is 9. The first-order valence-electron chi connectivity index (χ1n) is 10.9. The fourth-order valence-electron chi connectivity index (χ4n) is 3.47. The summed E-state index contributed by atoms with van der Waals surface area (Å²) in [5.74, 6) is 0.673. The van der Waals surface area contributed by atoms with Crippen molar-refractivity contribution in [2.45, 2.75) is 19.5 Å². The van der Waals surface area contributed by atoms with Crippen molar-refractivity contribution < 1.29 is 18.7 Å². The quantitative estimate of drug-likeness (QED) is 0.405. The Morgan fingerprint density at radius 3 is 2.35 bits per heavy atom. The number of carbonyl (C=O) groups is 2. The minimum atomic E-state index is -0.247. The first-order chi connectivity index (χ1) is 16.6. The number of pyridine rings is 1. The van der Waals surface area contributed by atoms with E-state index in [2.05, 4.69) is 10.3 Å². The summed E-state index contributed by atoms with van der Waals surface area (Å²) < 4.78 is 10.6. The summed E-state index contributed by atoms with van der Waals surface area (Å²) in [7, 11) is 1.61. The number of hydrogen-bond donors (Lipinski definition) is 1. The molecule has 0 saturated heterocycles. The third-order valence-electron chi connectivity index (χ3n) is 5.30. The highest BCUT2D eigenvalue weighted by Crippen LogP contribution is 2.22. The number of amides is 2. The Morgan fingerprint density at radius 1 is 0.941 bits per heavy atom. The van der Waals surface area contributed by atoms with Crippen LogP contribution >= 0.6 is 0 Å². The van der Waals surface area contributed by atoms with Gasteiger partial charge in [0.1, 0.15) is 5.75 Å². The molecule has 2 aromatic heterocycles. The number of carbonyl (C=O) groups excluding carboxylic acids is 2. The van der Waals surface area contributed by atoms with Gasteiger partial charge in [-0.3, -0.25) is 14.6 Å². The number of methoxy groups -OCH3 is 1. The number of hydrogen-bond acceptors (Lipinski definition) is 5. The van der Waals surface area contributed by atoms with Crippen molar-refractivity contribution in [3.05, 3.63) is 114 Å². The van der Waals surface area contributed by atoms with Gasteiger partial charge in [0.25, 0.3) is 5.91 Å². The lowest BCUT2D eigenvalue weighted by Gasteiger charge is -2.22. The Morgan fingerprint density at radius 2 is 1.71 bits per heavy atom. The Bertz CT molecular complexity index is 1210. The second kappa shape index (κ2) is 11.0. The van der Waals surface area contributed by atoms with E-state index in [1.165, 1.54) is 6.26 Å². The van der Waals surface area contributed by atoms with Crippen LogP contribution in [-0.2, 0) is 24.3 Å². The zero-order chi connectivity index (χ0) is 23.8. The van der Waals surface area contributed by atoms with Crippen LogP contribution in [0.3, 0.4) is 0 Å². The molecule has 0 fully saturated rings. The monoisotopic (exact) mass is 455 g/mol. The lowest BCUT2D eigenvalue weighted by Crippen LogP contribution is -2.30. The largest absolute Gasteiger partial charge is 0.497 e. The fourth-order valence-corrected chi connectivity index (χ4v) is 3.47. The highest BCUT2D eigenvalue weighted by Gasteiger charge is 2.20. The number of benzene rings is 2. The maximum Gasteiger partial charge on any atom is 0.294 e. The average Bonchev–Trinajstić information content (AvgIpc) is 3.42. The minimum absolute atomic E-state index is 0.0849. The molecule has 0 saturated carbocycles. The highest BCUT2D eigenvalue weighted by molar-refractivity contribution is 6.04. The molecule has 2 aromatic carbocycles. The number of nitrogens with one attached hydrogen (secondary N) is 1. The van der Waals surface area contributed by atoms with Gasteiger partial charge < -0.3 is 19.4 Å². The van der Waals surface area contributed by atoms with Gasteiger partial charge in [-0.25, -0.2) is 0 Å². The minimum Gasteiger partial charge on any atom is -0.497 e. The Balaban J connectivity index is 1.46. The Labute approximate surface area is 198 Å². The van der Waals surface area contributed by atoms with Crippen LogP contribution in [0.5, 0.6) is 5.75 Å². The summed E-state index contributed by atoms with van der Waals surface area (Å²) in [5.41, 5.74) is 3.44. The van der Waals surface area contributed by atoms with Gasteiger partial charge in [0.05, 0.1) is 26.3 Å². The van der Waals surface area contributed by atoms with Gasteiger partial charge in [-0.05, 0) is 59.2 Å². The summed E-state index contributed by atoms with van der Waals surface area (Å²) in [5, 5.41) is 2.90. The van der Waals surface area contributed by atoms with E-state index in [4.69, 9.17) is 9.15 Å². The number of nitrogens with zero attached hydrogens (tertiary/aromatic N) is 2.